The molecule has 148 valence electrons. The standard InChI is InChI=1S/C21H25N3O4/c1-15-6-5-7-18(20(15)24(26)27)21(25)22-14-19(23-12-3-4-13-23)16-8-10-17(28-2)11-9-16/h5-11,19H,3-4,12-14H2,1-2H3,(H,22,25)/t19-/m1/s1. The molecule has 0 saturated carbocycles. The molecule has 0 aromatic heterocycles. The summed E-state index contributed by atoms with van der Waals surface area (Å²) in [5.41, 5.74) is 1.52. The van der Waals surface area contributed by atoms with Crippen molar-refractivity contribution in [2.75, 3.05) is 26.7 Å². The quantitative estimate of drug-likeness (QED) is 0.584. The number of para-hydroxylation sites is 1. The summed E-state index contributed by atoms with van der Waals surface area (Å²) in [6, 6.07) is 12.6. The van der Waals surface area contributed by atoms with Crippen LogP contribution < -0.4 is 10.1 Å². The first-order chi connectivity index (χ1) is 13.5. The number of carbonyl (C=O) groups excluding carboxylic acids is 1. The van der Waals surface area contributed by atoms with Crippen molar-refractivity contribution < 1.29 is 14.5 Å². The second kappa shape index (κ2) is 8.84. The van der Waals surface area contributed by atoms with Crippen LogP contribution in [0.15, 0.2) is 42.5 Å². The molecule has 1 N–H and O–H groups in total. The molecule has 0 spiro atoms. The second-order valence-corrected chi connectivity index (χ2v) is 6.97. The molecule has 0 bridgehead atoms. The summed E-state index contributed by atoms with van der Waals surface area (Å²) >= 11 is 0. The first kappa shape index (κ1) is 19.8. The van der Waals surface area contributed by atoms with E-state index in [4.69, 9.17) is 4.74 Å². The summed E-state index contributed by atoms with van der Waals surface area (Å²) in [4.78, 5) is 25.9. The van der Waals surface area contributed by atoms with Crippen LogP contribution in [0.3, 0.4) is 0 Å². The topological polar surface area (TPSA) is 84.7 Å². The Hall–Kier alpha value is -2.93. The highest BCUT2D eigenvalue weighted by Crippen LogP contribution is 2.27. The molecule has 28 heavy (non-hydrogen) atoms. The Morgan fingerprint density at radius 1 is 1.21 bits per heavy atom. The molecule has 7 heteroatoms. The Balaban J connectivity index is 1.79. The van der Waals surface area contributed by atoms with Crippen LogP contribution in [0.4, 0.5) is 5.69 Å². The Labute approximate surface area is 164 Å². The van der Waals surface area contributed by atoms with Gasteiger partial charge >= 0.3 is 0 Å². The average Bonchev–Trinajstić information content (AvgIpc) is 3.22. The fourth-order valence-corrected chi connectivity index (χ4v) is 3.71. The van der Waals surface area contributed by atoms with E-state index in [1.807, 2.05) is 24.3 Å². The minimum absolute atomic E-state index is 0.0150. The van der Waals surface area contributed by atoms with Gasteiger partial charge in [-0.05, 0) is 56.6 Å². The highest BCUT2D eigenvalue weighted by atomic mass is 16.6. The van der Waals surface area contributed by atoms with Gasteiger partial charge in [-0.2, -0.15) is 0 Å². The highest BCUT2D eigenvalue weighted by molar-refractivity contribution is 5.98. The zero-order valence-electron chi connectivity index (χ0n) is 16.2. The van der Waals surface area contributed by atoms with Gasteiger partial charge < -0.3 is 10.1 Å². The number of carbonyl (C=O) groups is 1. The molecule has 1 heterocycles. The SMILES string of the molecule is COc1ccc([C@@H](CNC(=O)c2cccc(C)c2[N+](=O)[O-])N2CCCC2)cc1. The van der Waals surface area contributed by atoms with Crippen molar-refractivity contribution in [2.24, 2.45) is 0 Å². The van der Waals surface area contributed by atoms with Gasteiger partial charge in [-0.15, -0.1) is 0 Å². The van der Waals surface area contributed by atoms with Crippen LogP contribution >= 0.6 is 0 Å². The molecule has 3 rings (SSSR count). The van der Waals surface area contributed by atoms with Gasteiger partial charge in [0.1, 0.15) is 11.3 Å². The van der Waals surface area contributed by atoms with Gasteiger partial charge in [-0.25, -0.2) is 0 Å². The zero-order valence-corrected chi connectivity index (χ0v) is 16.2. The molecule has 1 atom stereocenters. The van der Waals surface area contributed by atoms with Crippen LogP contribution in [-0.4, -0.2) is 42.5 Å². The predicted molar refractivity (Wildman–Crippen MR) is 107 cm³/mol. The molecule has 2 aromatic rings. The number of likely N-dealkylation sites (tertiary alicyclic amines) is 1. The van der Waals surface area contributed by atoms with Crippen molar-refractivity contribution in [1.82, 2.24) is 10.2 Å². The van der Waals surface area contributed by atoms with Crippen molar-refractivity contribution >= 4 is 11.6 Å². The number of nitro benzene ring substituents is 1. The second-order valence-electron chi connectivity index (χ2n) is 6.97. The van der Waals surface area contributed by atoms with Crippen LogP contribution in [0.5, 0.6) is 5.75 Å². The number of nitrogens with one attached hydrogen (secondary N) is 1. The minimum Gasteiger partial charge on any atom is -0.497 e. The molecular formula is C21H25N3O4. The lowest BCUT2D eigenvalue weighted by Gasteiger charge is -2.28. The molecule has 2 aromatic carbocycles. The van der Waals surface area contributed by atoms with Crippen LogP contribution in [0, 0.1) is 17.0 Å². The zero-order chi connectivity index (χ0) is 20.1. The maximum atomic E-state index is 12.7. The number of hydrogen-bond acceptors (Lipinski definition) is 5. The Bertz CT molecular complexity index is 845. The molecular weight excluding hydrogens is 358 g/mol. The largest absolute Gasteiger partial charge is 0.497 e. The number of nitrogens with zero attached hydrogens (tertiary/aromatic N) is 2. The maximum Gasteiger partial charge on any atom is 0.285 e. The van der Waals surface area contributed by atoms with Gasteiger partial charge in [-0.1, -0.05) is 24.3 Å². The number of nitro groups is 1. The van der Waals surface area contributed by atoms with Crippen molar-refractivity contribution in [3.05, 3.63) is 69.3 Å². The molecule has 1 saturated heterocycles. The third kappa shape index (κ3) is 4.31. The van der Waals surface area contributed by atoms with E-state index >= 15 is 0 Å². The number of amides is 1. The molecule has 1 fully saturated rings. The average molecular weight is 383 g/mol. The molecule has 1 aliphatic rings. The monoisotopic (exact) mass is 383 g/mol. The Morgan fingerprint density at radius 3 is 2.50 bits per heavy atom. The number of rotatable bonds is 7. The lowest BCUT2D eigenvalue weighted by Crippen LogP contribution is -2.37. The van der Waals surface area contributed by atoms with E-state index in [1.54, 1.807) is 26.2 Å². The fraction of sp³-hybridized carbons (Fsp3) is 0.381. The number of hydrogen-bond donors (Lipinski definition) is 1. The van der Waals surface area contributed by atoms with Crippen LogP contribution in [0.25, 0.3) is 0 Å². The van der Waals surface area contributed by atoms with Crippen molar-refractivity contribution in [3.63, 3.8) is 0 Å². The molecule has 0 radical (unpaired) electrons. The number of ether oxygens (including phenoxy) is 1. The molecule has 1 amide bonds. The first-order valence-electron chi connectivity index (χ1n) is 9.41. The lowest BCUT2D eigenvalue weighted by atomic mass is 10.0. The van der Waals surface area contributed by atoms with Gasteiger partial charge in [0.25, 0.3) is 11.6 Å². The van der Waals surface area contributed by atoms with Gasteiger partial charge in [0.15, 0.2) is 0 Å². The molecule has 0 aliphatic carbocycles. The fourth-order valence-electron chi connectivity index (χ4n) is 3.71. The van der Waals surface area contributed by atoms with Crippen molar-refractivity contribution in [2.45, 2.75) is 25.8 Å². The van der Waals surface area contributed by atoms with E-state index < -0.39 is 10.8 Å². The molecule has 7 nitrogen and oxygen atoms in total. The lowest BCUT2D eigenvalue weighted by molar-refractivity contribution is -0.385. The van der Waals surface area contributed by atoms with Crippen molar-refractivity contribution in [3.8, 4) is 5.75 Å². The molecule has 0 unspecified atom stereocenters. The summed E-state index contributed by atoms with van der Waals surface area (Å²) in [6.45, 7) is 3.96. The third-order valence-corrected chi connectivity index (χ3v) is 5.20. The summed E-state index contributed by atoms with van der Waals surface area (Å²) < 4.78 is 5.23. The first-order valence-corrected chi connectivity index (χ1v) is 9.41. The van der Waals surface area contributed by atoms with E-state index in [-0.39, 0.29) is 17.3 Å². The number of aryl methyl sites for hydroxylation is 1. The Kier molecular flexibility index (Phi) is 6.26. The smallest absolute Gasteiger partial charge is 0.285 e. The van der Waals surface area contributed by atoms with Gasteiger partial charge in [0.2, 0.25) is 0 Å². The predicted octanol–water partition coefficient (Wildman–Crippen LogP) is 3.48. The van der Waals surface area contributed by atoms with Gasteiger partial charge in [0.05, 0.1) is 18.1 Å². The van der Waals surface area contributed by atoms with E-state index in [0.717, 1.165) is 37.2 Å². The summed E-state index contributed by atoms with van der Waals surface area (Å²) in [5.74, 6) is 0.358. The summed E-state index contributed by atoms with van der Waals surface area (Å²) in [5, 5.41) is 14.3. The summed E-state index contributed by atoms with van der Waals surface area (Å²) in [6.07, 6.45) is 2.26. The van der Waals surface area contributed by atoms with Crippen LogP contribution in [0.2, 0.25) is 0 Å². The van der Waals surface area contributed by atoms with Gasteiger partial charge in [-0.3, -0.25) is 19.8 Å². The van der Waals surface area contributed by atoms with E-state index in [0.29, 0.717) is 12.1 Å². The van der Waals surface area contributed by atoms with Crippen LogP contribution in [0.1, 0.15) is 40.4 Å². The van der Waals surface area contributed by atoms with Crippen molar-refractivity contribution in [1.29, 1.82) is 0 Å². The Morgan fingerprint density at radius 2 is 1.89 bits per heavy atom. The normalized spacial score (nSPS) is 15.2. The summed E-state index contributed by atoms with van der Waals surface area (Å²) in [7, 11) is 1.63. The third-order valence-electron chi connectivity index (χ3n) is 5.20. The van der Waals surface area contributed by atoms with E-state index in [2.05, 4.69) is 10.2 Å². The molecule has 1 aliphatic heterocycles. The minimum atomic E-state index is -0.494. The number of benzene rings is 2. The highest BCUT2D eigenvalue weighted by Gasteiger charge is 2.26. The van der Waals surface area contributed by atoms with Crippen LogP contribution in [-0.2, 0) is 0 Å². The van der Waals surface area contributed by atoms with Gasteiger partial charge in [0, 0.05) is 12.1 Å². The van der Waals surface area contributed by atoms with E-state index in [1.165, 1.54) is 6.07 Å². The van der Waals surface area contributed by atoms with E-state index in [9.17, 15) is 14.9 Å². The number of methoxy groups -OCH3 is 1. The maximum absolute atomic E-state index is 12.7.